The van der Waals surface area contributed by atoms with Gasteiger partial charge in [0.1, 0.15) is 5.82 Å². The standard InChI is InChI=1S/C16H23BrFNO/c1-11(2)9-19-10-13-4-3-7-20-16(13)12-5-6-15(18)14(17)8-12/h5-6,8,11,13,16,19H,3-4,7,9-10H2,1-2H3. The average Bonchev–Trinajstić information content (AvgIpc) is 2.42. The molecule has 2 atom stereocenters. The van der Waals surface area contributed by atoms with Crippen LogP contribution in [-0.2, 0) is 4.74 Å². The fourth-order valence-electron chi connectivity index (χ4n) is 2.67. The third-order valence-electron chi connectivity index (χ3n) is 3.68. The molecule has 1 aliphatic rings. The van der Waals surface area contributed by atoms with E-state index in [4.69, 9.17) is 4.74 Å². The van der Waals surface area contributed by atoms with Gasteiger partial charge in [-0.2, -0.15) is 0 Å². The molecule has 0 radical (unpaired) electrons. The highest BCUT2D eigenvalue weighted by Gasteiger charge is 2.27. The van der Waals surface area contributed by atoms with Gasteiger partial charge in [0.2, 0.25) is 0 Å². The minimum atomic E-state index is -0.223. The Labute approximate surface area is 129 Å². The zero-order valence-corrected chi connectivity index (χ0v) is 13.7. The van der Waals surface area contributed by atoms with Crippen molar-refractivity contribution in [3.63, 3.8) is 0 Å². The predicted octanol–water partition coefficient (Wildman–Crippen LogP) is 4.30. The molecule has 0 bridgehead atoms. The van der Waals surface area contributed by atoms with Gasteiger partial charge in [0.25, 0.3) is 0 Å². The van der Waals surface area contributed by atoms with E-state index in [1.807, 2.05) is 12.1 Å². The minimum absolute atomic E-state index is 0.0697. The number of halogens is 2. The normalized spacial score (nSPS) is 23.2. The van der Waals surface area contributed by atoms with Crippen LogP contribution in [0.4, 0.5) is 4.39 Å². The van der Waals surface area contributed by atoms with Gasteiger partial charge >= 0.3 is 0 Å². The van der Waals surface area contributed by atoms with E-state index in [1.54, 1.807) is 0 Å². The third-order valence-corrected chi connectivity index (χ3v) is 4.28. The molecule has 1 aromatic carbocycles. The first kappa shape index (κ1) is 15.9. The van der Waals surface area contributed by atoms with Gasteiger partial charge in [-0.1, -0.05) is 19.9 Å². The second-order valence-corrected chi connectivity index (χ2v) is 6.77. The second kappa shape index (κ2) is 7.53. The SMILES string of the molecule is CC(C)CNCC1CCCOC1c1ccc(F)c(Br)c1. The van der Waals surface area contributed by atoms with Crippen LogP contribution >= 0.6 is 15.9 Å². The van der Waals surface area contributed by atoms with Crippen molar-refractivity contribution < 1.29 is 9.13 Å². The largest absolute Gasteiger partial charge is 0.373 e. The van der Waals surface area contributed by atoms with Crippen LogP contribution in [0.3, 0.4) is 0 Å². The smallest absolute Gasteiger partial charge is 0.137 e. The van der Waals surface area contributed by atoms with Crippen molar-refractivity contribution in [1.82, 2.24) is 5.32 Å². The molecule has 2 unspecified atom stereocenters. The van der Waals surface area contributed by atoms with Crippen molar-refractivity contribution in [3.05, 3.63) is 34.1 Å². The average molecular weight is 344 g/mol. The zero-order chi connectivity index (χ0) is 14.5. The maximum atomic E-state index is 13.4. The van der Waals surface area contributed by atoms with E-state index in [1.165, 1.54) is 6.07 Å². The summed E-state index contributed by atoms with van der Waals surface area (Å²) in [5.41, 5.74) is 1.06. The molecule has 1 heterocycles. The Morgan fingerprint density at radius 3 is 2.95 bits per heavy atom. The maximum absolute atomic E-state index is 13.4. The van der Waals surface area contributed by atoms with Gasteiger partial charge in [-0.3, -0.25) is 0 Å². The first-order valence-electron chi connectivity index (χ1n) is 7.35. The van der Waals surface area contributed by atoms with E-state index in [-0.39, 0.29) is 11.9 Å². The Balaban J connectivity index is 2.03. The molecule has 4 heteroatoms. The van der Waals surface area contributed by atoms with Gasteiger partial charge in [0.15, 0.2) is 0 Å². The van der Waals surface area contributed by atoms with Crippen LogP contribution in [-0.4, -0.2) is 19.7 Å². The molecule has 1 saturated heterocycles. The Hall–Kier alpha value is -0.450. The van der Waals surface area contributed by atoms with Crippen molar-refractivity contribution in [2.75, 3.05) is 19.7 Å². The molecule has 0 saturated carbocycles. The molecular formula is C16H23BrFNO. The summed E-state index contributed by atoms with van der Waals surface area (Å²) in [5.74, 6) is 0.886. The second-order valence-electron chi connectivity index (χ2n) is 5.92. The Morgan fingerprint density at radius 1 is 1.45 bits per heavy atom. The fraction of sp³-hybridized carbons (Fsp3) is 0.625. The molecule has 0 aromatic heterocycles. The number of benzene rings is 1. The molecule has 0 amide bonds. The van der Waals surface area contributed by atoms with Crippen LogP contribution in [0, 0.1) is 17.7 Å². The molecule has 112 valence electrons. The summed E-state index contributed by atoms with van der Waals surface area (Å²) in [5, 5.41) is 3.51. The van der Waals surface area contributed by atoms with Crippen LogP contribution in [0.2, 0.25) is 0 Å². The van der Waals surface area contributed by atoms with Crippen molar-refractivity contribution >= 4 is 15.9 Å². The highest BCUT2D eigenvalue weighted by Crippen LogP contribution is 2.34. The molecule has 2 rings (SSSR count). The lowest BCUT2D eigenvalue weighted by Crippen LogP contribution is -2.33. The van der Waals surface area contributed by atoms with E-state index in [0.717, 1.165) is 38.1 Å². The summed E-state index contributed by atoms with van der Waals surface area (Å²) in [4.78, 5) is 0. The summed E-state index contributed by atoms with van der Waals surface area (Å²) in [6, 6.07) is 5.20. The summed E-state index contributed by atoms with van der Waals surface area (Å²) in [6.45, 7) is 7.19. The van der Waals surface area contributed by atoms with Crippen molar-refractivity contribution in [2.45, 2.75) is 32.8 Å². The molecule has 0 spiro atoms. The fourth-order valence-corrected chi connectivity index (χ4v) is 3.06. The molecule has 2 nitrogen and oxygen atoms in total. The van der Waals surface area contributed by atoms with E-state index >= 15 is 0 Å². The third kappa shape index (κ3) is 4.27. The van der Waals surface area contributed by atoms with E-state index < -0.39 is 0 Å². The van der Waals surface area contributed by atoms with Crippen molar-refractivity contribution in [2.24, 2.45) is 11.8 Å². The minimum Gasteiger partial charge on any atom is -0.373 e. The van der Waals surface area contributed by atoms with Crippen LogP contribution in [0.5, 0.6) is 0 Å². The van der Waals surface area contributed by atoms with Gasteiger partial charge < -0.3 is 10.1 Å². The van der Waals surface area contributed by atoms with E-state index in [2.05, 4.69) is 35.1 Å². The predicted molar refractivity (Wildman–Crippen MR) is 83.2 cm³/mol. The summed E-state index contributed by atoms with van der Waals surface area (Å²) in [7, 11) is 0. The summed E-state index contributed by atoms with van der Waals surface area (Å²) in [6.07, 6.45) is 2.33. The number of rotatable bonds is 5. The van der Waals surface area contributed by atoms with Crippen LogP contribution < -0.4 is 5.32 Å². The Kier molecular flexibility index (Phi) is 6.00. The quantitative estimate of drug-likeness (QED) is 0.860. The molecule has 1 fully saturated rings. The van der Waals surface area contributed by atoms with Crippen molar-refractivity contribution in [1.29, 1.82) is 0 Å². The summed E-state index contributed by atoms with van der Waals surface area (Å²) < 4.78 is 19.8. The van der Waals surface area contributed by atoms with E-state index in [0.29, 0.717) is 16.3 Å². The van der Waals surface area contributed by atoms with Crippen LogP contribution in [0.15, 0.2) is 22.7 Å². The van der Waals surface area contributed by atoms with Gasteiger partial charge in [-0.05, 0) is 58.9 Å². The van der Waals surface area contributed by atoms with Gasteiger partial charge in [0.05, 0.1) is 10.6 Å². The summed E-state index contributed by atoms with van der Waals surface area (Å²) >= 11 is 3.26. The van der Waals surface area contributed by atoms with Crippen molar-refractivity contribution in [3.8, 4) is 0 Å². The molecule has 1 N–H and O–H groups in total. The monoisotopic (exact) mass is 343 g/mol. The lowest BCUT2D eigenvalue weighted by Gasteiger charge is -2.32. The number of hydrogen-bond acceptors (Lipinski definition) is 2. The van der Waals surface area contributed by atoms with Crippen LogP contribution in [0.25, 0.3) is 0 Å². The highest BCUT2D eigenvalue weighted by atomic mass is 79.9. The number of ether oxygens (including phenoxy) is 1. The Morgan fingerprint density at radius 2 is 2.25 bits per heavy atom. The maximum Gasteiger partial charge on any atom is 0.137 e. The molecule has 1 aromatic rings. The number of nitrogens with one attached hydrogen (secondary N) is 1. The molecule has 1 aliphatic heterocycles. The molecular weight excluding hydrogens is 321 g/mol. The first-order chi connectivity index (χ1) is 9.58. The van der Waals surface area contributed by atoms with E-state index in [9.17, 15) is 4.39 Å². The lowest BCUT2D eigenvalue weighted by atomic mass is 9.89. The van der Waals surface area contributed by atoms with Gasteiger partial charge in [-0.15, -0.1) is 0 Å². The first-order valence-corrected chi connectivity index (χ1v) is 8.14. The molecule has 20 heavy (non-hydrogen) atoms. The van der Waals surface area contributed by atoms with Gasteiger partial charge in [-0.25, -0.2) is 4.39 Å². The zero-order valence-electron chi connectivity index (χ0n) is 12.2. The Bertz CT molecular complexity index is 438. The molecule has 0 aliphatic carbocycles. The van der Waals surface area contributed by atoms with Crippen LogP contribution in [0.1, 0.15) is 38.4 Å². The lowest BCUT2D eigenvalue weighted by molar-refractivity contribution is -0.0279. The number of hydrogen-bond donors (Lipinski definition) is 1. The van der Waals surface area contributed by atoms with Gasteiger partial charge in [0, 0.05) is 19.1 Å². The highest BCUT2D eigenvalue weighted by molar-refractivity contribution is 9.10. The topological polar surface area (TPSA) is 21.3 Å².